The molecular formula is C28H27NO8. The summed E-state index contributed by atoms with van der Waals surface area (Å²) in [6, 6.07) is 15.7. The van der Waals surface area contributed by atoms with Crippen molar-refractivity contribution in [2.45, 2.75) is 32.6 Å². The Morgan fingerprint density at radius 1 is 0.892 bits per heavy atom. The predicted octanol–water partition coefficient (Wildman–Crippen LogP) is 4.74. The fourth-order valence-corrected chi connectivity index (χ4v) is 3.88. The third-order valence-electron chi connectivity index (χ3n) is 5.55. The molecule has 9 nitrogen and oxygen atoms in total. The molecule has 0 bridgehead atoms. The summed E-state index contributed by atoms with van der Waals surface area (Å²) < 4.78 is 5.76. The van der Waals surface area contributed by atoms with Gasteiger partial charge in [-0.15, -0.1) is 0 Å². The highest BCUT2D eigenvalue weighted by atomic mass is 16.4. The van der Waals surface area contributed by atoms with Crippen molar-refractivity contribution in [3.63, 3.8) is 0 Å². The standard InChI is InChI=1S/C20H12O5.C8H15NO3/c21-11-5-7-15-17(9-11)25-18-10-12(22)6-8-16(18)19(15)13-3-1-2-4-14(13)20(23)24;1-7(10)9-6-4-2-3-5-8(11)12/h1-10,21H,(H,23,24);2-6H2,1H3,(H,9,10)(H,11,12). The van der Waals surface area contributed by atoms with Gasteiger partial charge in [0.1, 0.15) is 17.1 Å². The van der Waals surface area contributed by atoms with Gasteiger partial charge in [0.25, 0.3) is 0 Å². The first-order valence-corrected chi connectivity index (χ1v) is 11.7. The van der Waals surface area contributed by atoms with Crippen molar-refractivity contribution in [2.24, 2.45) is 0 Å². The number of phenolic OH excluding ortho intramolecular Hbond substituents is 1. The van der Waals surface area contributed by atoms with Gasteiger partial charge in [-0.3, -0.25) is 14.4 Å². The van der Waals surface area contributed by atoms with Crippen LogP contribution in [0.25, 0.3) is 33.4 Å². The van der Waals surface area contributed by atoms with Crippen LogP contribution in [0.2, 0.25) is 0 Å². The Morgan fingerprint density at radius 3 is 2.35 bits per heavy atom. The Hall–Kier alpha value is -4.66. The molecule has 0 saturated heterocycles. The number of amides is 1. The highest BCUT2D eigenvalue weighted by Gasteiger charge is 2.21. The molecule has 4 N–H and O–H groups in total. The predicted molar refractivity (Wildman–Crippen MR) is 138 cm³/mol. The van der Waals surface area contributed by atoms with Crippen LogP contribution < -0.4 is 10.7 Å². The fourth-order valence-electron chi connectivity index (χ4n) is 3.88. The molecule has 0 aromatic heterocycles. The van der Waals surface area contributed by atoms with Crippen molar-refractivity contribution >= 4 is 28.8 Å². The molecule has 0 spiro atoms. The molecule has 2 aliphatic rings. The summed E-state index contributed by atoms with van der Waals surface area (Å²) in [5, 5.41) is 30.9. The second-order valence-corrected chi connectivity index (χ2v) is 8.35. The number of hydrogen-bond acceptors (Lipinski definition) is 6. The average molecular weight is 506 g/mol. The van der Waals surface area contributed by atoms with Gasteiger partial charge in [0.2, 0.25) is 5.91 Å². The molecule has 37 heavy (non-hydrogen) atoms. The Kier molecular flexibility index (Phi) is 8.99. The number of aromatic hydroxyl groups is 1. The van der Waals surface area contributed by atoms with Crippen LogP contribution in [0.3, 0.4) is 0 Å². The minimum Gasteiger partial charge on any atom is -0.508 e. The van der Waals surface area contributed by atoms with Crippen molar-refractivity contribution < 1.29 is 34.1 Å². The normalized spacial score (nSPS) is 10.5. The number of fused-ring (bicyclic) bond motifs is 2. The molecule has 1 aliphatic heterocycles. The molecule has 0 radical (unpaired) electrons. The summed E-state index contributed by atoms with van der Waals surface area (Å²) in [6.45, 7) is 2.12. The molecule has 0 atom stereocenters. The van der Waals surface area contributed by atoms with E-state index in [4.69, 9.17) is 9.52 Å². The quantitative estimate of drug-likeness (QED) is 0.198. The minimum absolute atomic E-state index is 0.0198. The number of benzene rings is 3. The first kappa shape index (κ1) is 26.9. The Balaban J connectivity index is 0.000000270. The number of aliphatic carboxylic acids is 1. The number of carboxylic acids is 2. The SMILES string of the molecule is CC(=O)NCCCCCC(=O)O.O=C(O)c1ccccc1-c1c2ccc(=O)cc-2oc2cc(O)ccc12. The van der Waals surface area contributed by atoms with Gasteiger partial charge in [0.05, 0.1) is 5.56 Å². The van der Waals surface area contributed by atoms with Crippen molar-refractivity contribution in [1.82, 2.24) is 5.32 Å². The fraction of sp³-hybridized carbons (Fsp3) is 0.214. The van der Waals surface area contributed by atoms with E-state index in [0.717, 1.165) is 12.8 Å². The Bertz CT molecular complexity index is 1440. The van der Waals surface area contributed by atoms with Crippen LogP contribution in [0.15, 0.2) is 69.9 Å². The van der Waals surface area contributed by atoms with Crippen LogP contribution in [0, 0.1) is 0 Å². The molecule has 1 aliphatic carbocycles. The van der Waals surface area contributed by atoms with E-state index in [1.807, 2.05) is 0 Å². The second-order valence-electron chi connectivity index (χ2n) is 8.35. The van der Waals surface area contributed by atoms with E-state index < -0.39 is 11.9 Å². The van der Waals surface area contributed by atoms with Gasteiger partial charge in [-0.25, -0.2) is 4.79 Å². The van der Waals surface area contributed by atoms with E-state index in [1.165, 1.54) is 37.3 Å². The lowest BCUT2D eigenvalue weighted by Gasteiger charge is -2.16. The molecule has 1 heterocycles. The summed E-state index contributed by atoms with van der Waals surface area (Å²) in [5.41, 5.74) is 2.10. The molecule has 2 aromatic carbocycles. The van der Waals surface area contributed by atoms with Gasteiger partial charge >= 0.3 is 11.9 Å². The number of nitrogens with one attached hydrogen (secondary N) is 1. The molecular weight excluding hydrogens is 478 g/mol. The second kappa shape index (κ2) is 12.3. The number of phenols is 1. The first-order chi connectivity index (χ1) is 17.7. The van der Waals surface area contributed by atoms with Crippen LogP contribution in [0.4, 0.5) is 0 Å². The largest absolute Gasteiger partial charge is 0.508 e. The lowest BCUT2D eigenvalue weighted by molar-refractivity contribution is -0.137. The van der Waals surface area contributed by atoms with Gasteiger partial charge in [0.15, 0.2) is 5.43 Å². The van der Waals surface area contributed by atoms with Crippen molar-refractivity contribution in [2.75, 3.05) is 6.54 Å². The Labute approximate surface area is 212 Å². The maximum absolute atomic E-state index is 11.7. The first-order valence-electron chi connectivity index (χ1n) is 11.7. The van der Waals surface area contributed by atoms with Crippen molar-refractivity contribution in [3.05, 3.63) is 76.5 Å². The summed E-state index contributed by atoms with van der Waals surface area (Å²) in [5.74, 6) is -1.48. The van der Waals surface area contributed by atoms with E-state index in [0.29, 0.717) is 46.4 Å². The highest BCUT2D eigenvalue weighted by molar-refractivity contribution is 6.07. The van der Waals surface area contributed by atoms with E-state index in [1.54, 1.807) is 30.3 Å². The molecule has 0 saturated carbocycles. The van der Waals surface area contributed by atoms with Crippen LogP contribution in [0.1, 0.15) is 43.0 Å². The van der Waals surface area contributed by atoms with Crippen LogP contribution >= 0.6 is 0 Å². The van der Waals surface area contributed by atoms with E-state index in [-0.39, 0.29) is 29.1 Å². The monoisotopic (exact) mass is 505 g/mol. The Morgan fingerprint density at radius 2 is 1.65 bits per heavy atom. The van der Waals surface area contributed by atoms with E-state index in [9.17, 15) is 29.4 Å². The topological polar surface area (TPSA) is 154 Å². The van der Waals surface area contributed by atoms with Gasteiger partial charge < -0.3 is 25.1 Å². The van der Waals surface area contributed by atoms with Gasteiger partial charge in [-0.05, 0) is 48.7 Å². The summed E-state index contributed by atoms with van der Waals surface area (Å²) in [4.78, 5) is 43.8. The molecule has 0 fully saturated rings. The lowest BCUT2D eigenvalue weighted by Crippen LogP contribution is -2.20. The molecule has 192 valence electrons. The minimum atomic E-state index is -1.04. The average Bonchev–Trinajstić information content (AvgIpc) is 2.84. The highest BCUT2D eigenvalue weighted by Crippen LogP contribution is 2.41. The number of unbranched alkanes of at least 4 members (excludes halogenated alkanes) is 2. The third kappa shape index (κ3) is 7.17. The van der Waals surface area contributed by atoms with Gasteiger partial charge in [-0.1, -0.05) is 24.6 Å². The zero-order valence-electron chi connectivity index (χ0n) is 20.2. The smallest absolute Gasteiger partial charge is 0.336 e. The number of carboxylic acid groups (broad SMARTS) is 2. The number of carbonyl (C=O) groups excluding carboxylic acids is 1. The number of rotatable bonds is 8. The maximum Gasteiger partial charge on any atom is 0.336 e. The number of aromatic carboxylic acids is 1. The zero-order valence-corrected chi connectivity index (χ0v) is 20.2. The summed E-state index contributed by atoms with van der Waals surface area (Å²) >= 11 is 0. The third-order valence-corrected chi connectivity index (χ3v) is 5.55. The molecule has 4 rings (SSSR count). The number of carbonyl (C=O) groups is 3. The molecule has 9 heteroatoms. The molecule has 1 amide bonds. The van der Waals surface area contributed by atoms with Gasteiger partial charge in [0, 0.05) is 48.5 Å². The van der Waals surface area contributed by atoms with Gasteiger partial charge in [-0.2, -0.15) is 0 Å². The summed E-state index contributed by atoms with van der Waals surface area (Å²) in [6.07, 6.45) is 2.62. The van der Waals surface area contributed by atoms with Crippen LogP contribution in [-0.4, -0.2) is 39.7 Å². The molecule has 2 aromatic rings. The van der Waals surface area contributed by atoms with Crippen LogP contribution in [0.5, 0.6) is 5.75 Å². The number of hydrogen-bond donors (Lipinski definition) is 4. The van der Waals surface area contributed by atoms with E-state index >= 15 is 0 Å². The van der Waals surface area contributed by atoms with E-state index in [2.05, 4.69) is 5.32 Å². The summed E-state index contributed by atoms with van der Waals surface area (Å²) in [7, 11) is 0. The lowest BCUT2D eigenvalue weighted by atomic mass is 9.91. The maximum atomic E-state index is 11.7. The van der Waals surface area contributed by atoms with Crippen LogP contribution in [-0.2, 0) is 9.59 Å². The zero-order chi connectivity index (χ0) is 26.9. The molecule has 0 unspecified atom stereocenters. The van der Waals surface area contributed by atoms with Crippen molar-refractivity contribution in [3.8, 4) is 28.2 Å². The van der Waals surface area contributed by atoms with Crippen molar-refractivity contribution in [1.29, 1.82) is 0 Å².